The summed E-state index contributed by atoms with van der Waals surface area (Å²) in [5, 5.41) is 1.02. The lowest BCUT2D eigenvalue weighted by Gasteiger charge is -2.10. The van der Waals surface area contributed by atoms with Crippen LogP contribution in [0.25, 0.3) is 10.9 Å². The van der Waals surface area contributed by atoms with Gasteiger partial charge in [-0.3, -0.25) is 0 Å². The Labute approximate surface area is 123 Å². The lowest BCUT2D eigenvalue weighted by atomic mass is 10.1. The molecule has 0 aliphatic rings. The van der Waals surface area contributed by atoms with Crippen LogP contribution < -0.4 is 16.0 Å². The van der Waals surface area contributed by atoms with Gasteiger partial charge in [-0.15, -0.1) is 0 Å². The number of ether oxygens (including phenoxy) is 1. The largest absolute Gasteiger partial charge is 0.487 e. The average Bonchev–Trinajstić information content (AvgIpc) is 2.54. The molecule has 1 heterocycles. The van der Waals surface area contributed by atoms with Gasteiger partial charge in [-0.1, -0.05) is 42.0 Å². The SMILES string of the molecule is Cc1ccc(COc2cccc3ccc(NN)nc23)cc1. The van der Waals surface area contributed by atoms with Crippen LogP contribution in [0.15, 0.2) is 54.6 Å². The molecule has 4 heteroatoms. The molecule has 0 aliphatic carbocycles. The molecule has 1 aromatic heterocycles. The van der Waals surface area contributed by atoms with Gasteiger partial charge in [0.05, 0.1) is 0 Å². The Balaban J connectivity index is 1.87. The molecular formula is C17H17N3O. The zero-order chi connectivity index (χ0) is 14.7. The second kappa shape index (κ2) is 5.81. The predicted octanol–water partition coefficient (Wildman–Crippen LogP) is 3.41. The van der Waals surface area contributed by atoms with Crippen molar-refractivity contribution >= 4 is 16.7 Å². The molecule has 3 N–H and O–H groups in total. The third-order valence-electron chi connectivity index (χ3n) is 3.35. The number of hydrogen-bond acceptors (Lipinski definition) is 4. The Kier molecular flexibility index (Phi) is 3.71. The highest BCUT2D eigenvalue weighted by molar-refractivity contribution is 5.85. The fourth-order valence-corrected chi connectivity index (χ4v) is 2.16. The maximum Gasteiger partial charge on any atom is 0.146 e. The number of benzene rings is 2. The first-order chi connectivity index (χ1) is 10.3. The van der Waals surface area contributed by atoms with E-state index in [-0.39, 0.29) is 0 Å². The molecule has 0 aliphatic heterocycles. The van der Waals surface area contributed by atoms with Crippen molar-refractivity contribution in [2.24, 2.45) is 5.84 Å². The number of fused-ring (bicyclic) bond motifs is 1. The number of nitrogens with zero attached hydrogens (tertiary/aromatic N) is 1. The van der Waals surface area contributed by atoms with Crippen LogP contribution in [0.5, 0.6) is 5.75 Å². The highest BCUT2D eigenvalue weighted by Gasteiger charge is 2.05. The van der Waals surface area contributed by atoms with Crippen molar-refractivity contribution in [3.05, 3.63) is 65.7 Å². The van der Waals surface area contributed by atoms with E-state index in [0.29, 0.717) is 12.4 Å². The van der Waals surface area contributed by atoms with E-state index in [1.165, 1.54) is 5.56 Å². The molecule has 2 aromatic carbocycles. The average molecular weight is 279 g/mol. The summed E-state index contributed by atoms with van der Waals surface area (Å²) >= 11 is 0. The Hall–Kier alpha value is -2.59. The third-order valence-corrected chi connectivity index (χ3v) is 3.35. The Morgan fingerprint density at radius 1 is 1.05 bits per heavy atom. The molecule has 0 spiro atoms. The van der Waals surface area contributed by atoms with Gasteiger partial charge in [0, 0.05) is 5.39 Å². The molecule has 0 saturated carbocycles. The van der Waals surface area contributed by atoms with Crippen molar-refractivity contribution in [2.75, 3.05) is 5.43 Å². The number of para-hydroxylation sites is 1. The molecule has 21 heavy (non-hydrogen) atoms. The zero-order valence-corrected chi connectivity index (χ0v) is 11.8. The number of nitrogens with one attached hydrogen (secondary N) is 1. The van der Waals surface area contributed by atoms with E-state index in [9.17, 15) is 0 Å². The van der Waals surface area contributed by atoms with E-state index in [4.69, 9.17) is 10.6 Å². The number of hydrazine groups is 1. The van der Waals surface area contributed by atoms with Crippen molar-refractivity contribution in [3.63, 3.8) is 0 Å². The van der Waals surface area contributed by atoms with E-state index in [1.807, 2.05) is 30.3 Å². The van der Waals surface area contributed by atoms with E-state index in [2.05, 4.69) is 41.6 Å². The monoisotopic (exact) mass is 279 g/mol. The van der Waals surface area contributed by atoms with Gasteiger partial charge >= 0.3 is 0 Å². The fraction of sp³-hybridized carbons (Fsp3) is 0.118. The minimum absolute atomic E-state index is 0.515. The van der Waals surface area contributed by atoms with Gasteiger partial charge in [0.1, 0.15) is 23.7 Å². The van der Waals surface area contributed by atoms with Gasteiger partial charge in [-0.25, -0.2) is 10.8 Å². The number of anilines is 1. The van der Waals surface area contributed by atoms with Crippen LogP contribution in [0.1, 0.15) is 11.1 Å². The van der Waals surface area contributed by atoms with Crippen molar-refractivity contribution in [3.8, 4) is 5.75 Å². The summed E-state index contributed by atoms with van der Waals surface area (Å²) in [7, 11) is 0. The number of nitrogen functional groups attached to an aromatic ring is 1. The van der Waals surface area contributed by atoms with Gasteiger partial charge in [0.2, 0.25) is 0 Å². The van der Waals surface area contributed by atoms with Gasteiger partial charge in [0.25, 0.3) is 0 Å². The first-order valence-electron chi connectivity index (χ1n) is 6.81. The number of nitrogens with two attached hydrogens (primary N) is 1. The second-order valence-corrected chi connectivity index (χ2v) is 4.94. The minimum Gasteiger partial charge on any atom is -0.487 e. The summed E-state index contributed by atoms with van der Waals surface area (Å²) < 4.78 is 5.91. The second-order valence-electron chi connectivity index (χ2n) is 4.94. The standard InChI is InChI=1S/C17H17N3O/c1-12-5-7-13(8-6-12)11-21-15-4-2-3-14-9-10-16(20-18)19-17(14)15/h2-10H,11,18H2,1H3,(H,19,20). The Morgan fingerprint density at radius 2 is 1.86 bits per heavy atom. The first-order valence-corrected chi connectivity index (χ1v) is 6.81. The fourth-order valence-electron chi connectivity index (χ4n) is 2.16. The molecule has 0 radical (unpaired) electrons. The van der Waals surface area contributed by atoms with E-state index < -0.39 is 0 Å². The summed E-state index contributed by atoms with van der Waals surface area (Å²) in [6.45, 7) is 2.59. The summed E-state index contributed by atoms with van der Waals surface area (Å²) in [4.78, 5) is 4.46. The zero-order valence-electron chi connectivity index (χ0n) is 11.8. The number of rotatable bonds is 4. The number of pyridine rings is 1. The Morgan fingerprint density at radius 3 is 2.62 bits per heavy atom. The smallest absolute Gasteiger partial charge is 0.146 e. The summed E-state index contributed by atoms with van der Waals surface area (Å²) in [6.07, 6.45) is 0. The molecule has 4 nitrogen and oxygen atoms in total. The lowest BCUT2D eigenvalue weighted by Crippen LogP contribution is -2.08. The van der Waals surface area contributed by atoms with Gasteiger partial charge in [-0.2, -0.15) is 0 Å². The van der Waals surface area contributed by atoms with Crippen molar-refractivity contribution in [1.29, 1.82) is 0 Å². The molecule has 3 aromatic rings. The van der Waals surface area contributed by atoms with Crippen molar-refractivity contribution in [1.82, 2.24) is 4.98 Å². The predicted molar refractivity (Wildman–Crippen MR) is 85.1 cm³/mol. The number of hydrogen-bond donors (Lipinski definition) is 2. The summed E-state index contributed by atoms with van der Waals surface area (Å²) in [6, 6.07) is 18.0. The quantitative estimate of drug-likeness (QED) is 0.567. The first kappa shape index (κ1) is 13.4. The van der Waals surface area contributed by atoms with Gasteiger partial charge in [0.15, 0.2) is 0 Å². The van der Waals surface area contributed by atoms with Gasteiger partial charge in [-0.05, 0) is 30.7 Å². The van der Waals surface area contributed by atoms with Crippen molar-refractivity contribution < 1.29 is 4.74 Å². The summed E-state index contributed by atoms with van der Waals surface area (Å²) in [5.74, 6) is 6.79. The van der Waals surface area contributed by atoms with Crippen LogP contribution in [0.4, 0.5) is 5.82 Å². The maximum atomic E-state index is 5.91. The third kappa shape index (κ3) is 2.95. The van der Waals surface area contributed by atoms with Crippen LogP contribution in [0.2, 0.25) is 0 Å². The topological polar surface area (TPSA) is 60.2 Å². The van der Waals surface area contributed by atoms with E-state index >= 15 is 0 Å². The van der Waals surface area contributed by atoms with Crippen LogP contribution in [0, 0.1) is 6.92 Å². The maximum absolute atomic E-state index is 5.91. The highest BCUT2D eigenvalue weighted by Crippen LogP contribution is 2.25. The van der Waals surface area contributed by atoms with Gasteiger partial charge < -0.3 is 10.2 Å². The molecule has 0 saturated heterocycles. The highest BCUT2D eigenvalue weighted by atomic mass is 16.5. The number of aryl methyl sites for hydroxylation is 1. The molecule has 3 rings (SSSR count). The Bertz CT molecular complexity index is 754. The molecule has 0 fully saturated rings. The minimum atomic E-state index is 0.515. The normalized spacial score (nSPS) is 10.6. The molecule has 106 valence electrons. The number of aromatic nitrogens is 1. The molecule has 0 atom stereocenters. The molecular weight excluding hydrogens is 262 g/mol. The molecule has 0 unspecified atom stereocenters. The van der Waals surface area contributed by atoms with E-state index in [0.717, 1.165) is 22.2 Å². The molecule has 0 amide bonds. The van der Waals surface area contributed by atoms with Crippen LogP contribution >= 0.6 is 0 Å². The van der Waals surface area contributed by atoms with Crippen LogP contribution in [-0.4, -0.2) is 4.98 Å². The van der Waals surface area contributed by atoms with Crippen LogP contribution in [0.3, 0.4) is 0 Å². The van der Waals surface area contributed by atoms with Crippen LogP contribution in [-0.2, 0) is 6.61 Å². The van der Waals surface area contributed by atoms with E-state index in [1.54, 1.807) is 0 Å². The summed E-state index contributed by atoms with van der Waals surface area (Å²) in [5.41, 5.74) is 5.74. The van der Waals surface area contributed by atoms with Crippen molar-refractivity contribution in [2.45, 2.75) is 13.5 Å². The lowest BCUT2D eigenvalue weighted by molar-refractivity contribution is 0.309. The molecule has 0 bridgehead atoms.